The van der Waals surface area contributed by atoms with E-state index >= 15 is 0 Å². The highest BCUT2D eigenvalue weighted by atomic mass is 32.2. The van der Waals surface area contributed by atoms with Crippen molar-refractivity contribution in [1.82, 2.24) is 9.36 Å². The molecular weight excluding hydrogens is 180 g/mol. The number of hydrogen-bond donors (Lipinski definition) is 1. The zero-order valence-electron chi connectivity index (χ0n) is 6.28. The maximum atomic E-state index is 8.78. The van der Waals surface area contributed by atoms with E-state index in [9.17, 15) is 0 Å². The highest BCUT2D eigenvalue weighted by Crippen LogP contribution is 2.22. The summed E-state index contributed by atoms with van der Waals surface area (Å²) in [6, 6.07) is -0.103. The second-order valence-corrected chi connectivity index (χ2v) is 4.16. The Morgan fingerprint density at radius 2 is 2.45 bits per heavy atom. The van der Waals surface area contributed by atoms with Gasteiger partial charge in [0.1, 0.15) is 0 Å². The van der Waals surface area contributed by atoms with Gasteiger partial charge in [0.2, 0.25) is 0 Å². The van der Waals surface area contributed by atoms with Gasteiger partial charge in [-0.25, -0.2) is 0 Å². The fourth-order valence-corrected chi connectivity index (χ4v) is 2.21. The Morgan fingerprint density at radius 1 is 1.64 bits per heavy atom. The Balaban J connectivity index is 2.27. The quantitative estimate of drug-likeness (QED) is 0.583. The Labute approximate surface area is 74.0 Å². The standard InChI is InChI=1S/C6H10N2OS2/c1-2-3-4-10-6-7-5(9)8-11-6/h2-4H2,1H3,(H,8,9). The highest BCUT2D eigenvalue weighted by Gasteiger charge is 2.00. The molecule has 0 spiro atoms. The fraction of sp³-hybridized carbons (Fsp3) is 0.667. The van der Waals surface area contributed by atoms with Crippen LogP contribution in [-0.2, 0) is 0 Å². The molecule has 0 aromatic carbocycles. The third kappa shape index (κ3) is 3.07. The molecule has 3 nitrogen and oxygen atoms in total. The lowest BCUT2D eigenvalue weighted by Gasteiger charge is -1.91. The van der Waals surface area contributed by atoms with Crippen molar-refractivity contribution < 1.29 is 5.11 Å². The van der Waals surface area contributed by atoms with Crippen molar-refractivity contribution in [2.24, 2.45) is 0 Å². The monoisotopic (exact) mass is 190 g/mol. The summed E-state index contributed by atoms with van der Waals surface area (Å²) in [7, 11) is 0. The van der Waals surface area contributed by atoms with Crippen molar-refractivity contribution in [3.63, 3.8) is 0 Å². The van der Waals surface area contributed by atoms with Crippen LogP contribution in [0, 0.1) is 0 Å². The van der Waals surface area contributed by atoms with Crippen molar-refractivity contribution in [1.29, 1.82) is 0 Å². The van der Waals surface area contributed by atoms with E-state index in [0.29, 0.717) is 0 Å². The number of aromatic nitrogens is 2. The molecule has 0 aliphatic heterocycles. The van der Waals surface area contributed by atoms with Gasteiger partial charge in [0.15, 0.2) is 4.34 Å². The van der Waals surface area contributed by atoms with Crippen molar-refractivity contribution in [3.8, 4) is 6.01 Å². The molecule has 0 bridgehead atoms. The summed E-state index contributed by atoms with van der Waals surface area (Å²) in [6.45, 7) is 2.15. The molecule has 0 saturated carbocycles. The Morgan fingerprint density at radius 3 is 3.00 bits per heavy atom. The molecule has 0 fully saturated rings. The minimum atomic E-state index is -0.103. The van der Waals surface area contributed by atoms with Crippen LogP contribution in [0.2, 0.25) is 0 Å². The number of nitrogens with zero attached hydrogens (tertiary/aromatic N) is 2. The topological polar surface area (TPSA) is 46.0 Å². The van der Waals surface area contributed by atoms with Crippen LogP contribution in [0.5, 0.6) is 6.01 Å². The third-order valence-corrected chi connectivity index (χ3v) is 3.03. The predicted octanol–water partition coefficient (Wildman–Crippen LogP) is 2.14. The van der Waals surface area contributed by atoms with Crippen molar-refractivity contribution >= 4 is 23.3 Å². The number of thioether (sulfide) groups is 1. The molecule has 1 rings (SSSR count). The summed E-state index contributed by atoms with van der Waals surface area (Å²) in [4.78, 5) is 3.81. The summed E-state index contributed by atoms with van der Waals surface area (Å²) in [6.07, 6.45) is 2.38. The first kappa shape index (κ1) is 8.80. The van der Waals surface area contributed by atoms with Crippen LogP contribution in [-0.4, -0.2) is 20.2 Å². The minimum Gasteiger partial charge on any atom is -0.478 e. The SMILES string of the molecule is CCCCSc1nc(O)ns1. The predicted molar refractivity (Wildman–Crippen MR) is 47.2 cm³/mol. The van der Waals surface area contributed by atoms with Gasteiger partial charge in [-0.1, -0.05) is 25.1 Å². The van der Waals surface area contributed by atoms with Crippen LogP contribution in [0.15, 0.2) is 4.34 Å². The van der Waals surface area contributed by atoms with Crippen molar-refractivity contribution in [2.45, 2.75) is 24.1 Å². The fourth-order valence-electron chi connectivity index (χ4n) is 0.565. The lowest BCUT2D eigenvalue weighted by molar-refractivity contribution is 0.436. The van der Waals surface area contributed by atoms with E-state index in [1.54, 1.807) is 11.8 Å². The molecule has 0 atom stereocenters. The highest BCUT2D eigenvalue weighted by molar-refractivity contribution is 8.00. The summed E-state index contributed by atoms with van der Waals surface area (Å²) in [5.74, 6) is 1.06. The second-order valence-electron chi connectivity index (χ2n) is 2.06. The molecule has 0 aliphatic carbocycles. The number of hydrogen-bond acceptors (Lipinski definition) is 5. The number of aromatic hydroxyl groups is 1. The largest absolute Gasteiger partial charge is 0.478 e. The molecule has 1 N–H and O–H groups in total. The Bertz CT molecular complexity index is 214. The van der Waals surface area contributed by atoms with Crippen LogP contribution in [0.4, 0.5) is 0 Å². The van der Waals surface area contributed by atoms with Gasteiger partial charge >= 0.3 is 6.01 Å². The zero-order valence-corrected chi connectivity index (χ0v) is 7.91. The van der Waals surface area contributed by atoms with Gasteiger partial charge in [0, 0.05) is 5.75 Å². The Hall–Kier alpha value is -0.290. The molecule has 5 heteroatoms. The molecular formula is C6H10N2OS2. The number of unbranched alkanes of at least 4 members (excludes halogenated alkanes) is 1. The summed E-state index contributed by atoms with van der Waals surface area (Å²) in [5, 5.41) is 8.78. The van der Waals surface area contributed by atoms with E-state index in [1.165, 1.54) is 24.4 Å². The van der Waals surface area contributed by atoms with Crippen LogP contribution in [0.3, 0.4) is 0 Å². The summed E-state index contributed by atoms with van der Waals surface area (Å²) >= 11 is 2.90. The van der Waals surface area contributed by atoms with Gasteiger partial charge in [-0.15, -0.1) is 4.37 Å². The van der Waals surface area contributed by atoms with E-state index in [0.717, 1.165) is 10.1 Å². The lowest BCUT2D eigenvalue weighted by atomic mass is 10.4. The first-order chi connectivity index (χ1) is 5.33. The smallest absolute Gasteiger partial charge is 0.326 e. The normalized spacial score (nSPS) is 10.3. The minimum absolute atomic E-state index is 0.103. The summed E-state index contributed by atoms with van der Waals surface area (Å²) < 4.78 is 4.52. The number of rotatable bonds is 4. The molecule has 1 aromatic heterocycles. The maximum Gasteiger partial charge on any atom is 0.326 e. The molecule has 0 radical (unpaired) electrons. The first-order valence-electron chi connectivity index (χ1n) is 3.48. The van der Waals surface area contributed by atoms with Crippen molar-refractivity contribution in [3.05, 3.63) is 0 Å². The van der Waals surface area contributed by atoms with Gasteiger partial charge in [-0.05, 0) is 18.0 Å². The average molecular weight is 190 g/mol. The van der Waals surface area contributed by atoms with E-state index in [-0.39, 0.29) is 6.01 Å². The molecule has 62 valence electrons. The lowest BCUT2D eigenvalue weighted by Crippen LogP contribution is -1.76. The molecule has 0 aliphatic rings. The van der Waals surface area contributed by atoms with Crippen LogP contribution in [0.25, 0.3) is 0 Å². The van der Waals surface area contributed by atoms with Gasteiger partial charge in [0.05, 0.1) is 0 Å². The first-order valence-corrected chi connectivity index (χ1v) is 5.24. The van der Waals surface area contributed by atoms with E-state index < -0.39 is 0 Å². The van der Waals surface area contributed by atoms with E-state index in [1.807, 2.05) is 0 Å². The van der Waals surface area contributed by atoms with E-state index in [4.69, 9.17) is 5.11 Å². The second kappa shape index (κ2) is 4.56. The average Bonchev–Trinajstić information content (AvgIpc) is 2.37. The van der Waals surface area contributed by atoms with Gasteiger partial charge < -0.3 is 5.11 Å². The molecule has 11 heavy (non-hydrogen) atoms. The van der Waals surface area contributed by atoms with E-state index in [2.05, 4.69) is 16.3 Å². The van der Waals surface area contributed by atoms with Crippen molar-refractivity contribution in [2.75, 3.05) is 5.75 Å². The molecule has 1 heterocycles. The maximum absolute atomic E-state index is 8.78. The Kier molecular flexibility index (Phi) is 3.65. The van der Waals surface area contributed by atoms with Crippen LogP contribution < -0.4 is 0 Å². The molecule has 0 amide bonds. The summed E-state index contributed by atoms with van der Waals surface area (Å²) in [5.41, 5.74) is 0. The van der Waals surface area contributed by atoms with Gasteiger partial charge in [-0.3, -0.25) is 0 Å². The zero-order chi connectivity index (χ0) is 8.10. The van der Waals surface area contributed by atoms with Crippen LogP contribution >= 0.6 is 23.3 Å². The molecule has 0 saturated heterocycles. The molecule has 1 aromatic rings. The third-order valence-electron chi connectivity index (χ3n) is 1.12. The van der Waals surface area contributed by atoms with Gasteiger partial charge in [0.25, 0.3) is 0 Å². The molecule has 0 unspecified atom stereocenters. The van der Waals surface area contributed by atoms with Gasteiger partial charge in [-0.2, -0.15) is 4.98 Å². The van der Waals surface area contributed by atoms with Crippen LogP contribution in [0.1, 0.15) is 19.8 Å².